The van der Waals surface area contributed by atoms with E-state index in [0.29, 0.717) is 12.4 Å². The van der Waals surface area contributed by atoms with Gasteiger partial charge >= 0.3 is 0 Å². The molecule has 0 atom stereocenters. The summed E-state index contributed by atoms with van der Waals surface area (Å²) in [5, 5.41) is 9.61. The highest BCUT2D eigenvalue weighted by molar-refractivity contribution is 5.57. The molecule has 2 rings (SSSR count). The first-order valence-corrected chi connectivity index (χ1v) is 6.01. The first-order chi connectivity index (χ1) is 9.74. The number of carbonyl (C=O) groups excluding carboxylic acids is 1. The van der Waals surface area contributed by atoms with E-state index in [0.717, 1.165) is 11.1 Å². The van der Waals surface area contributed by atoms with Crippen molar-refractivity contribution in [2.45, 2.75) is 6.61 Å². The summed E-state index contributed by atoms with van der Waals surface area (Å²) in [5.74, 6) is 0.187. The van der Waals surface area contributed by atoms with Crippen LogP contribution >= 0.6 is 0 Å². The van der Waals surface area contributed by atoms with Gasteiger partial charge < -0.3 is 14.6 Å². The van der Waals surface area contributed by atoms with Crippen molar-refractivity contribution in [1.82, 2.24) is 0 Å². The second kappa shape index (κ2) is 6.43. The van der Waals surface area contributed by atoms with E-state index in [9.17, 15) is 9.90 Å². The monoisotopic (exact) mass is 270 g/mol. The Labute approximate surface area is 116 Å². The molecule has 4 nitrogen and oxygen atoms in total. The van der Waals surface area contributed by atoms with Gasteiger partial charge in [-0.1, -0.05) is 43.0 Å². The molecule has 0 unspecified atom stereocenters. The maximum absolute atomic E-state index is 10.4. The number of benzene rings is 2. The zero-order chi connectivity index (χ0) is 14.4. The molecule has 2 aromatic rings. The highest BCUT2D eigenvalue weighted by Crippen LogP contribution is 2.36. The highest BCUT2D eigenvalue weighted by atomic mass is 16.5. The fraction of sp³-hybridized carbons (Fsp3) is 0.0625. The van der Waals surface area contributed by atoms with Crippen LogP contribution in [-0.2, 0) is 11.4 Å². The van der Waals surface area contributed by atoms with Gasteiger partial charge in [0.2, 0.25) is 5.75 Å². The van der Waals surface area contributed by atoms with E-state index in [-0.39, 0.29) is 18.0 Å². The van der Waals surface area contributed by atoms with Crippen molar-refractivity contribution >= 4 is 12.5 Å². The first kappa shape index (κ1) is 13.7. The summed E-state index contributed by atoms with van der Waals surface area (Å²) in [4.78, 5) is 10.4. The minimum Gasteiger partial charge on any atom is -0.504 e. The number of phenols is 1. The summed E-state index contributed by atoms with van der Waals surface area (Å²) in [6.45, 7) is 4.24. The van der Waals surface area contributed by atoms with Gasteiger partial charge in [0, 0.05) is 0 Å². The molecular weight excluding hydrogens is 256 g/mol. The minimum absolute atomic E-state index is 0.0187. The summed E-state index contributed by atoms with van der Waals surface area (Å²) in [5.41, 5.74) is 1.98. The molecule has 0 spiro atoms. The zero-order valence-corrected chi connectivity index (χ0v) is 10.8. The van der Waals surface area contributed by atoms with Crippen molar-refractivity contribution in [2.24, 2.45) is 0 Å². The first-order valence-electron chi connectivity index (χ1n) is 6.01. The molecule has 4 heteroatoms. The molecule has 2 aromatic carbocycles. The van der Waals surface area contributed by atoms with Crippen LogP contribution in [0.5, 0.6) is 17.2 Å². The predicted octanol–water partition coefficient (Wildman–Crippen LogP) is 3.15. The SMILES string of the molecule is C=Cc1ccc(COc2cccc(O)c2OC=O)cc1. The van der Waals surface area contributed by atoms with Crippen molar-refractivity contribution in [3.8, 4) is 17.2 Å². The van der Waals surface area contributed by atoms with Crippen LogP contribution in [0.1, 0.15) is 11.1 Å². The van der Waals surface area contributed by atoms with Gasteiger partial charge in [0.25, 0.3) is 6.47 Å². The number of hydrogen-bond acceptors (Lipinski definition) is 4. The Bertz CT molecular complexity index is 602. The molecule has 0 radical (unpaired) electrons. The van der Waals surface area contributed by atoms with Gasteiger partial charge in [0.15, 0.2) is 11.5 Å². The summed E-state index contributed by atoms with van der Waals surface area (Å²) >= 11 is 0. The van der Waals surface area contributed by atoms with Crippen LogP contribution in [0.2, 0.25) is 0 Å². The molecule has 0 fully saturated rings. The van der Waals surface area contributed by atoms with Gasteiger partial charge in [-0.15, -0.1) is 0 Å². The summed E-state index contributed by atoms with van der Waals surface area (Å²) in [6, 6.07) is 12.3. The van der Waals surface area contributed by atoms with Gasteiger partial charge in [-0.25, -0.2) is 0 Å². The van der Waals surface area contributed by atoms with E-state index in [1.807, 2.05) is 24.3 Å². The number of ether oxygens (including phenoxy) is 2. The average molecular weight is 270 g/mol. The van der Waals surface area contributed by atoms with Crippen molar-refractivity contribution in [2.75, 3.05) is 0 Å². The number of rotatable bonds is 6. The van der Waals surface area contributed by atoms with E-state index in [1.54, 1.807) is 18.2 Å². The van der Waals surface area contributed by atoms with Crippen molar-refractivity contribution in [3.05, 3.63) is 60.2 Å². The summed E-state index contributed by atoms with van der Waals surface area (Å²) in [6.07, 6.45) is 1.76. The molecule has 0 saturated heterocycles. The van der Waals surface area contributed by atoms with Crippen LogP contribution in [0, 0.1) is 0 Å². The molecule has 0 aliphatic rings. The second-order valence-corrected chi connectivity index (χ2v) is 4.05. The third-order valence-corrected chi connectivity index (χ3v) is 2.73. The fourth-order valence-electron chi connectivity index (χ4n) is 1.70. The quantitative estimate of drug-likeness (QED) is 0.819. The van der Waals surface area contributed by atoms with E-state index in [1.165, 1.54) is 6.07 Å². The molecule has 0 amide bonds. The fourth-order valence-corrected chi connectivity index (χ4v) is 1.70. The largest absolute Gasteiger partial charge is 0.504 e. The lowest BCUT2D eigenvalue weighted by Gasteiger charge is -2.11. The highest BCUT2D eigenvalue weighted by Gasteiger charge is 2.10. The number of hydrogen-bond donors (Lipinski definition) is 1. The third kappa shape index (κ3) is 3.17. The number of aromatic hydroxyl groups is 1. The number of phenolic OH excluding ortho intramolecular Hbond substituents is 1. The van der Waals surface area contributed by atoms with Gasteiger partial charge in [-0.2, -0.15) is 0 Å². The molecule has 0 bridgehead atoms. The molecule has 20 heavy (non-hydrogen) atoms. The molecule has 0 aromatic heterocycles. The molecule has 0 aliphatic carbocycles. The molecule has 102 valence electrons. The lowest BCUT2D eigenvalue weighted by Crippen LogP contribution is -1.99. The minimum atomic E-state index is -0.142. The number of carbonyl (C=O) groups is 1. The maximum atomic E-state index is 10.4. The van der Waals surface area contributed by atoms with Crippen LogP contribution in [0.25, 0.3) is 6.08 Å². The van der Waals surface area contributed by atoms with Gasteiger partial charge in [-0.05, 0) is 23.3 Å². The Morgan fingerprint density at radius 1 is 1.15 bits per heavy atom. The zero-order valence-electron chi connectivity index (χ0n) is 10.8. The molecule has 0 aliphatic heterocycles. The van der Waals surface area contributed by atoms with Crippen molar-refractivity contribution < 1.29 is 19.4 Å². The Balaban J connectivity index is 2.11. The predicted molar refractivity (Wildman–Crippen MR) is 75.7 cm³/mol. The second-order valence-electron chi connectivity index (χ2n) is 4.05. The van der Waals surface area contributed by atoms with Crippen LogP contribution in [0.3, 0.4) is 0 Å². The standard InChI is InChI=1S/C16H14O4/c1-2-12-6-8-13(9-7-12)10-19-15-5-3-4-14(18)16(15)20-11-17/h2-9,11,18H,1,10H2. The van der Waals surface area contributed by atoms with E-state index < -0.39 is 0 Å². The number of para-hydroxylation sites is 1. The summed E-state index contributed by atoms with van der Waals surface area (Å²) in [7, 11) is 0. The Hall–Kier alpha value is -2.75. The van der Waals surface area contributed by atoms with Crippen LogP contribution < -0.4 is 9.47 Å². The Morgan fingerprint density at radius 3 is 2.55 bits per heavy atom. The lowest BCUT2D eigenvalue weighted by molar-refractivity contribution is -0.120. The van der Waals surface area contributed by atoms with Crippen LogP contribution in [0.4, 0.5) is 0 Å². The molecule has 1 N–H and O–H groups in total. The van der Waals surface area contributed by atoms with Gasteiger partial charge in [-0.3, -0.25) is 4.79 Å². The van der Waals surface area contributed by atoms with Crippen molar-refractivity contribution in [1.29, 1.82) is 0 Å². The Kier molecular flexibility index (Phi) is 4.39. The summed E-state index contributed by atoms with van der Waals surface area (Å²) < 4.78 is 10.3. The third-order valence-electron chi connectivity index (χ3n) is 2.73. The smallest absolute Gasteiger partial charge is 0.298 e. The lowest BCUT2D eigenvalue weighted by atomic mass is 10.1. The topological polar surface area (TPSA) is 55.8 Å². The Morgan fingerprint density at radius 2 is 1.90 bits per heavy atom. The van der Waals surface area contributed by atoms with Crippen molar-refractivity contribution in [3.63, 3.8) is 0 Å². The molecular formula is C16H14O4. The van der Waals surface area contributed by atoms with E-state index in [2.05, 4.69) is 6.58 Å². The van der Waals surface area contributed by atoms with Gasteiger partial charge in [0.05, 0.1) is 0 Å². The average Bonchev–Trinajstić information content (AvgIpc) is 2.48. The van der Waals surface area contributed by atoms with E-state index >= 15 is 0 Å². The van der Waals surface area contributed by atoms with Crippen LogP contribution in [0.15, 0.2) is 49.0 Å². The van der Waals surface area contributed by atoms with Crippen LogP contribution in [-0.4, -0.2) is 11.6 Å². The molecule has 0 saturated carbocycles. The van der Waals surface area contributed by atoms with Gasteiger partial charge in [0.1, 0.15) is 6.61 Å². The maximum Gasteiger partial charge on any atom is 0.298 e. The molecule has 0 heterocycles. The van der Waals surface area contributed by atoms with E-state index in [4.69, 9.17) is 9.47 Å². The normalized spacial score (nSPS) is 9.80.